The van der Waals surface area contributed by atoms with Crippen molar-refractivity contribution in [2.45, 2.75) is 19.8 Å². The highest BCUT2D eigenvalue weighted by atomic mass is 31.1. The lowest BCUT2D eigenvalue weighted by atomic mass is 10.4. The second-order valence-electron chi connectivity index (χ2n) is 3.02. The standard InChI is InChI=1S/C11H15O3P/c1-2-3-9-13-11(12)14-15-10-7-5-4-6-8-10/h4-8,15H,2-3,9H2,1H3. The first kappa shape index (κ1) is 12.0. The van der Waals surface area contributed by atoms with E-state index < -0.39 is 6.16 Å². The van der Waals surface area contributed by atoms with Crippen molar-refractivity contribution >= 4 is 20.3 Å². The molecule has 0 aliphatic rings. The summed E-state index contributed by atoms with van der Waals surface area (Å²) < 4.78 is 9.79. The van der Waals surface area contributed by atoms with Crippen molar-refractivity contribution in [2.24, 2.45) is 0 Å². The normalized spacial score (nSPS) is 10.5. The van der Waals surface area contributed by atoms with Gasteiger partial charge in [-0.25, -0.2) is 4.79 Å². The minimum absolute atomic E-state index is 0.0222. The summed E-state index contributed by atoms with van der Waals surface area (Å²) in [6.45, 7) is 2.48. The van der Waals surface area contributed by atoms with E-state index in [1.54, 1.807) is 0 Å². The smallest absolute Gasteiger partial charge is 0.434 e. The van der Waals surface area contributed by atoms with Gasteiger partial charge < -0.3 is 9.26 Å². The lowest BCUT2D eigenvalue weighted by molar-refractivity contribution is 0.104. The SMILES string of the molecule is CCCCOC(=O)OPc1ccccc1. The van der Waals surface area contributed by atoms with E-state index in [0.717, 1.165) is 18.1 Å². The molecule has 15 heavy (non-hydrogen) atoms. The van der Waals surface area contributed by atoms with Crippen molar-refractivity contribution in [3.63, 3.8) is 0 Å². The minimum atomic E-state index is -0.578. The summed E-state index contributed by atoms with van der Waals surface area (Å²) in [7, 11) is 0.0222. The van der Waals surface area contributed by atoms with Crippen LogP contribution in [-0.4, -0.2) is 12.8 Å². The fraction of sp³-hybridized carbons (Fsp3) is 0.364. The summed E-state index contributed by atoms with van der Waals surface area (Å²) in [5.41, 5.74) is 0. The molecule has 1 unspecified atom stereocenters. The highest BCUT2D eigenvalue weighted by Crippen LogP contribution is 2.12. The van der Waals surface area contributed by atoms with Crippen molar-refractivity contribution in [2.75, 3.05) is 6.61 Å². The summed E-state index contributed by atoms with van der Waals surface area (Å²) in [5, 5.41) is 0.991. The maximum Gasteiger partial charge on any atom is 0.511 e. The Bertz CT molecular complexity index is 287. The third-order valence-electron chi connectivity index (χ3n) is 1.74. The first-order chi connectivity index (χ1) is 7.33. The zero-order valence-corrected chi connectivity index (χ0v) is 9.73. The van der Waals surface area contributed by atoms with E-state index in [1.807, 2.05) is 37.3 Å². The van der Waals surface area contributed by atoms with Crippen molar-refractivity contribution in [1.82, 2.24) is 0 Å². The van der Waals surface area contributed by atoms with Crippen LogP contribution in [0.15, 0.2) is 30.3 Å². The molecular formula is C11H15O3P. The van der Waals surface area contributed by atoms with Crippen molar-refractivity contribution in [3.8, 4) is 0 Å². The molecule has 0 fully saturated rings. The molecule has 1 aromatic carbocycles. The van der Waals surface area contributed by atoms with E-state index in [-0.39, 0.29) is 8.81 Å². The van der Waals surface area contributed by atoms with Crippen molar-refractivity contribution in [3.05, 3.63) is 30.3 Å². The molecular weight excluding hydrogens is 211 g/mol. The molecule has 0 spiro atoms. The fourth-order valence-corrected chi connectivity index (χ4v) is 1.52. The molecule has 0 aliphatic carbocycles. The molecule has 1 atom stereocenters. The van der Waals surface area contributed by atoms with E-state index >= 15 is 0 Å². The number of carbonyl (C=O) groups excluding carboxylic acids is 1. The Morgan fingerprint density at radius 3 is 2.73 bits per heavy atom. The Morgan fingerprint density at radius 1 is 1.33 bits per heavy atom. The lowest BCUT2D eigenvalue weighted by Gasteiger charge is -2.04. The zero-order valence-electron chi connectivity index (χ0n) is 8.73. The van der Waals surface area contributed by atoms with Gasteiger partial charge >= 0.3 is 6.16 Å². The molecule has 0 heterocycles. The number of ether oxygens (including phenoxy) is 1. The molecule has 0 N–H and O–H groups in total. The number of unbranched alkanes of at least 4 members (excludes halogenated alkanes) is 1. The van der Waals surface area contributed by atoms with Crippen LogP contribution in [-0.2, 0) is 9.26 Å². The van der Waals surface area contributed by atoms with Crippen molar-refractivity contribution < 1.29 is 14.1 Å². The Balaban J connectivity index is 2.17. The predicted molar refractivity (Wildman–Crippen MR) is 61.7 cm³/mol. The van der Waals surface area contributed by atoms with E-state index in [4.69, 9.17) is 9.26 Å². The van der Waals surface area contributed by atoms with Gasteiger partial charge in [0, 0.05) is 5.30 Å². The van der Waals surface area contributed by atoms with Gasteiger partial charge in [-0.1, -0.05) is 43.7 Å². The van der Waals surface area contributed by atoms with Gasteiger partial charge in [0.1, 0.15) is 8.81 Å². The number of hydrogen-bond donors (Lipinski definition) is 0. The van der Waals surface area contributed by atoms with Gasteiger partial charge in [0.2, 0.25) is 0 Å². The summed E-state index contributed by atoms with van der Waals surface area (Å²) in [4.78, 5) is 11.1. The number of rotatable bonds is 5. The molecule has 1 rings (SSSR count). The molecule has 0 aromatic heterocycles. The first-order valence-corrected chi connectivity index (χ1v) is 5.88. The van der Waals surface area contributed by atoms with Crippen LogP contribution >= 0.6 is 8.81 Å². The second kappa shape index (κ2) is 7.24. The van der Waals surface area contributed by atoms with E-state index in [9.17, 15) is 4.79 Å². The quantitative estimate of drug-likeness (QED) is 0.440. The summed E-state index contributed by atoms with van der Waals surface area (Å²) in [5.74, 6) is 0. The second-order valence-corrected chi connectivity index (χ2v) is 4.01. The average molecular weight is 226 g/mol. The highest BCUT2D eigenvalue weighted by molar-refractivity contribution is 7.42. The third kappa shape index (κ3) is 5.38. The van der Waals surface area contributed by atoms with Gasteiger partial charge in [0.05, 0.1) is 6.61 Å². The number of benzene rings is 1. The molecule has 0 amide bonds. The Hall–Kier alpha value is -1.08. The molecule has 0 saturated heterocycles. The van der Waals surface area contributed by atoms with Gasteiger partial charge in [-0.3, -0.25) is 0 Å². The average Bonchev–Trinajstić information content (AvgIpc) is 2.28. The zero-order chi connectivity index (χ0) is 10.9. The monoisotopic (exact) mass is 226 g/mol. The molecule has 0 bridgehead atoms. The van der Waals surface area contributed by atoms with E-state index in [0.29, 0.717) is 6.61 Å². The van der Waals surface area contributed by atoms with Crippen LogP contribution in [0.3, 0.4) is 0 Å². The van der Waals surface area contributed by atoms with Gasteiger partial charge in [-0.2, -0.15) is 0 Å². The third-order valence-corrected chi connectivity index (χ3v) is 2.58. The maximum atomic E-state index is 11.1. The molecule has 3 nitrogen and oxygen atoms in total. The first-order valence-electron chi connectivity index (χ1n) is 4.97. The van der Waals surface area contributed by atoms with Crippen LogP contribution in [0.5, 0.6) is 0 Å². The minimum Gasteiger partial charge on any atom is -0.434 e. The van der Waals surface area contributed by atoms with Crippen molar-refractivity contribution in [1.29, 1.82) is 0 Å². The maximum absolute atomic E-state index is 11.1. The molecule has 82 valence electrons. The van der Waals surface area contributed by atoms with Crippen LogP contribution in [0.4, 0.5) is 4.79 Å². The van der Waals surface area contributed by atoms with Crippen LogP contribution in [0, 0.1) is 0 Å². The van der Waals surface area contributed by atoms with E-state index in [2.05, 4.69) is 0 Å². The topological polar surface area (TPSA) is 35.5 Å². The Kier molecular flexibility index (Phi) is 5.79. The lowest BCUT2D eigenvalue weighted by Crippen LogP contribution is -2.05. The van der Waals surface area contributed by atoms with Crippen LogP contribution in [0.25, 0.3) is 0 Å². The Labute approximate surface area is 91.6 Å². The van der Waals surface area contributed by atoms with Crippen LogP contribution in [0.1, 0.15) is 19.8 Å². The van der Waals surface area contributed by atoms with Gasteiger partial charge in [-0.05, 0) is 6.42 Å². The summed E-state index contributed by atoms with van der Waals surface area (Å²) in [6, 6.07) is 9.57. The fourth-order valence-electron chi connectivity index (χ4n) is 0.936. The molecule has 0 saturated carbocycles. The Morgan fingerprint density at radius 2 is 2.07 bits per heavy atom. The van der Waals surface area contributed by atoms with Crippen LogP contribution in [0.2, 0.25) is 0 Å². The highest BCUT2D eigenvalue weighted by Gasteiger charge is 2.03. The summed E-state index contributed by atoms with van der Waals surface area (Å²) >= 11 is 0. The number of carbonyl (C=O) groups is 1. The molecule has 4 heteroatoms. The largest absolute Gasteiger partial charge is 0.511 e. The van der Waals surface area contributed by atoms with Crippen LogP contribution < -0.4 is 5.30 Å². The molecule has 0 aliphatic heterocycles. The van der Waals surface area contributed by atoms with Gasteiger partial charge in [-0.15, -0.1) is 0 Å². The summed E-state index contributed by atoms with van der Waals surface area (Å²) in [6.07, 6.45) is 1.31. The van der Waals surface area contributed by atoms with Gasteiger partial charge in [0.25, 0.3) is 0 Å². The molecule has 0 radical (unpaired) electrons. The predicted octanol–water partition coefficient (Wildman–Crippen LogP) is 2.86. The van der Waals surface area contributed by atoms with E-state index in [1.165, 1.54) is 0 Å². The van der Waals surface area contributed by atoms with Gasteiger partial charge in [0.15, 0.2) is 0 Å². The molecule has 1 aromatic rings. The number of hydrogen-bond acceptors (Lipinski definition) is 3.